The van der Waals surface area contributed by atoms with E-state index in [1.54, 1.807) is 0 Å². The van der Waals surface area contributed by atoms with Crippen LogP contribution in [-0.4, -0.2) is 10.7 Å². The molecule has 76 valence electrons. The van der Waals surface area contributed by atoms with Crippen LogP contribution in [-0.2, 0) is 11.3 Å². The van der Waals surface area contributed by atoms with E-state index < -0.39 is 4.84 Å². The normalized spacial score (nSPS) is 10.3. The van der Waals surface area contributed by atoms with Gasteiger partial charge in [-0.3, -0.25) is 4.79 Å². The molecule has 0 aliphatic carbocycles. The number of amides is 1. The van der Waals surface area contributed by atoms with Crippen molar-refractivity contribution in [3.63, 3.8) is 0 Å². The molecule has 0 heterocycles. The molecule has 0 saturated carbocycles. The van der Waals surface area contributed by atoms with Crippen LogP contribution in [0.25, 0.3) is 0 Å². The van der Waals surface area contributed by atoms with Crippen molar-refractivity contribution >= 4 is 29.1 Å². The number of hydrogen-bond donors (Lipinski definition) is 1. The minimum atomic E-state index is -1.000. The summed E-state index contributed by atoms with van der Waals surface area (Å²) in [6.45, 7) is 2.46. The number of halogens is 2. The van der Waals surface area contributed by atoms with Crippen LogP contribution in [0.5, 0.6) is 0 Å². The largest absolute Gasteiger partial charge is 0.350 e. The standard InChI is InChI=1S/C10H11Cl2NO/c1-7-2-4-8(5-3-7)6-13-10(14)9(11)12/h2-5,9H,6H2,1H3,(H,13,14). The fourth-order valence-electron chi connectivity index (χ4n) is 0.972. The highest BCUT2D eigenvalue weighted by atomic mass is 35.5. The van der Waals surface area contributed by atoms with Gasteiger partial charge in [-0.05, 0) is 12.5 Å². The molecule has 0 radical (unpaired) electrons. The SMILES string of the molecule is Cc1ccc(CNC(=O)C(Cl)Cl)cc1. The summed E-state index contributed by atoms with van der Waals surface area (Å²) in [5.41, 5.74) is 2.21. The number of nitrogens with one attached hydrogen (secondary N) is 1. The molecule has 0 unspecified atom stereocenters. The van der Waals surface area contributed by atoms with E-state index in [0.717, 1.165) is 5.56 Å². The lowest BCUT2D eigenvalue weighted by molar-refractivity contribution is -0.119. The first-order valence-corrected chi connectivity index (χ1v) is 5.08. The molecule has 0 atom stereocenters. The van der Waals surface area contributed by atoms with Crippen LogP contribution in [0.4, 0.5) is 0 Å². The molecule has 1 N–H and O–H groups in total. The topological polar surface area (TPSA) is 29.1 Å². The highest BCUT2D eigenvalue weighted by Crippen LogP contribution is 2.04. The average Bonchev–Trinajstić information content (AvgIpc) is 2.16. The monoisotopic (exact) mass is 231 g/mol. The Hall–Kier alpha value is -0.730. The Labute approximate surface area is 93.2 Å². The smallest absolute Gasteiger partial charge is 0.253 e. The summed E-state index contributed by atoms with van der Waals surface area (Å²) in [6.07, 6.45) is 0. The van der Waals surface area contributed by atoms with Gasteiger partial charge < -0.3 is 5.32 Å². The fraction of sp³-hybridized carbons (Fsp3) is 0.300. The van der Waals surface area contributed by atoms with E-state index in [-0.39, 0.29) is 5.91 Å². The summed E-state index contributed by atoms with van der Waals surface area (Å²) in [4.78, 5) is 10.0. The molecule has 0 bridgehead atoms. The van der Waals surface area contributed by atoms with Gasteiger partial charge in [0, 0.05) is 6.54 Å². The number of alkyl halides is 2. The zero-order chi connectivity index (χ0) is 10.6. The van der Waals surface area contributed by atoms with Gasteiger partial charge in [0.05, 0.1) is 0 Å². The zero-order valence-corrected chi connectivity index (χ0v) is 9.27. The van der Waals surface area contributed by atoms with Crippen molar-refractivity contribution in [3.8, 4) is 0 Å². The van der Waals surface area contributed by atoms with Crippen molar-refractivity contribution in [3.05, 3.63) is 35.4 Å². The lowest BCUT2D eigenvalue weighted by Crippen LogP contribution is -2.27. The van der Waals surface area contributed by atoms with Gasteiger partial charge in [0.15, 0.2) is 4.84 Å². The second-order valence-corrected chi connectivity index (χ2v) is 4.10. The third kappa shape index (κ3) is 3.56. The maximum atomic E-state index is 11.0. The van der Waals surface area contributed by atoms with Crippen molar-refractivity contribution in [2.24, 2.45) is 0 Å². The number of carbonyl (C=O) groups excluding carboxylic acids is 1. The molecule has 1 rings (SSSR count). The van der Waals surface area contributed by atoms with Crippen molar-refractivity contribution in [1.82, 2.24) is 5.32 Å². The zero-order valence-electron chi connectivity index (χ0n) is 7.76. The van der Waals surface area contributed by atoms with E-state index in [1.165, 1.54) is 5.56 Å². The Kier molecular flexibility index (Phi) is 4.23. The number of rotatable bonds is 3. The molecule has 0 saturated heterocycles. The van der Waals surface area contributed by atoms with Gasteiger partial charge in [-0.25, -0.2) is 0 Å². The second-order valence-electron chi connectivity index (χ2n) is 3.00. The van der Waals surface area contributed by atoms with E-state index in [1.807, 2.05) is 31.2 Å². The molecule has 0 aliphatic rings. The Morgan fingerprint density at radius 2 is 1.93 bits per heavy atom. The van der Waals surface area contributed by atoms with E-state index in [4.69, 9.17) is 23.2 Å². The first-order chi connectivity index (χ1) is 6.59. The van der Waals surface area contributed by atoms with Crippen LogP contribution < -0.4 is 5.32 Å². The van der Waals surface area contributed by atoms with E-state index in [9.17, 15) is 4.79 Å². The van der Waals surface area contributed by atoms with Gasteiger partial charge in [0.2, 0.25) is 0 Å². The molecule has 14 heavy (non-hydrogen) atoms. The first-order valence-electron chi connectivity index (χ1n) is 4.21. The lowest BCUT2D eigenvalue weighted by atomic mass is 10.1. The first kappa shape index (κ1) is 11.3. The molecular weight excluding hydrogens is 221 g/mol. The van der Waals surface area contributed by atoms with Crippen LogP contribution in [0.3, 0.4) is 0 Å². The fourth-order valence-corrected chi connectivity index (χ4v) is 1.13. The predicted molar refractivity (Wildman–Crippen MR) is 58.5 cm³/mol. The van der Waals surface area contributed by atoms with Gasteiger partial charge >= 0.3 is 0 Å². The van der Waals surface area contributed by atoms with Crippen molar-refractivity contribution in [1.29, 1.82) is 0 Å². The molecule has 0 aliphatic heterocycles. The third-order valence-electron chi connectivity index (χ3n) is 1.79. The quantitative estimate of drug-likeness (QED) is 0.796. The molecular formula is C10H11Cl2NO. The lowest BCUT2D eigenvalue weighted by Gasteiger charge is -2.05. The summed E-state index contributed by atoms with van der Waals surface area (Å²) in [5.74, 6) is -0.367. The summed E-state index contributed by atoms with van der Waals surface area (Å²) >= 11 is 10.7. The van der Waals surface area contributed by atoms with Gasteiger partial charge in [0.1, 0.15) is 0 Å². The highest BCUT2D eigenvalue weighted by molar-refractivity contribution is 6.53. The summed E-state index contributed by atoms with van der Waals surface area (Å²) in [7, 11) is 0. The van der Waals surface area contributed by atoms with Crippen LogP contribution in [0.15, 0.2) is 24.3 Å². The summed E-state index contributed by atoms with van der Waals surface area (Å²) < 4.78 is 0. The Bertz CT molecular complexity index is 308. The minimum absolute atomic E-state index is 0.367. The third-order valence-corrected chi connectivity index (χ3v) is 2.18. The van der Waals surface area contributed by atoms with Gasteiger partial charge in [-0.1, -0.05) is 53.0 Å². The van der Waals surface area contributed by atoms with Crippen molar-refractivity contribution in [2.75, 3.05) is 0 Å². The minimum Gasteiger partial charge on any atom is -0.350 e. The van der Waals surface area contributed by atoms with Crippen LogP contribution in [0.2, 0.25) is 0 Å². The number of carbonyl (C=O) groups is 1. The average molecular weight is 232 g/mol. The highest BCUT2D eigenvalue weighted by Gasteiger charge is 2.09. The maximum absolute atomic E-state index is 11.0. The van der Waals surface area contributed by atoms with Crippen LogP contribution in [0, 0.1) is 6.92 Å². The Morgan fingerprint density at radius 3 is 2.43 bits per heavy atom. The van der Waals surface area contributed by atoms with Crippen molar-refractivity contribution in [2.45, 2.75) is 18.3 Å². The maximum Gasteiger partial charge on any atom is 0.253 e. The molecule has 0 spiro atoms. The van der Waals surface area contributed by atoms with Gasteiger partial charge in [0.25, 0.3) is 5.91 Å². The number of aryl methyl sites for hydroxylation is 1. The second kappa shape index (κ2) is 5.23. The molecule has 4 heteroatoms. The molecule has 1 aromatic carbocycles. The molecule has 0 fully saturated rings. The molecule has 0 aromatic heterocycles. The molecule has 2 nitrogen and oxygen atoms in total. The van der Waals surface area contributed by atoms with E-state index >= 15 is 0 Å². The van der Waals surface area contributed by atoms with Crippen molar-refractivity contribution < 1.29 is 4.79 Å². The number of benzene rings is 1. The Morgan fingerprint density at radius 1 is 1.36 bits per heavy atom. The van der Waals surface area contributed by atoms with E-state index in [0.29, 0.717) is 6.54 Å². The molecule has 1 aromatic rings. The van der Waals surface area contributed by atoms with Crippen LogP contribution >= 0.6 is 23.2 Å². The Balaban J connectivity index is 2.46. The van der Waals surface area contributed by atoms with Gasteiger partial charge in [-0.2, -0.15) is 0 Å². The van der Waals surface area contributed by atoms with Crippen LogP contribution in [0.1, 0.15) is 11.1 Å². The summed E-state index contributed by atoms with van der Waals surface area (Å²) in [6, 6.07) is 7.88. The predicted octanol–water partition coefficient (Wildman–Crippen LogP) is 2.41. The van der Waals surface area contributed by atoms with Gasteiger partial charge in [-0.15, -0.1) is 0 Å². The summed E-state index contributed by atoms with van der Waals surface area (Å²) in [5, 5.41) is 2.62. The number of hydrogen-bond acceptors (Lipinski definition) is 1. The molecule has 1 amide bonds. The van der Waals surface area contributed by atoms with E-state index in [2.05, 4.69) is 5.32 Å².